The molecule has 4 rings (SSSR count). The summed E-state index contributed by atoms with van der Waals surface area (Å²) in [5.74, 6) is -3.31. The molecule has 0 amide bonds. The largest absolute Gasteiger partial charge is 0.480 e. The fourth-order valence-electron chi connectivity index (χ4n) is 3.29. The first kappa shape index (κ1) is 19.9. The molecule has 1 unspecified atom stereocenters. The second-order valence-corrected chi connectivity index (χ2v) is 7.34. The van der Waals surface area contributed by atoms with Crippen molar-refractivity contribution in [2.75, 3.05) is 17.2 Å². The van der Waals surface area contributed by atoms with Crippen molar-refractivity contribution in [3.8, 4) is 11.8 Å². The number of nitriles is 1. The normalized spacial score (nSPS) is 17.3. The van der Waals surface area contributed by atoms with Crippen molar-refractivity contribution in [1.82, 2.24) is 9.55 Å². The predicted octanol–water partition coefficient (Wildman–Crippen LogP) is 4.03. The average Bonchev–Trinajstić information content (AvgIpc) is 2.83. The minimum atomic E-state index is -3.15. The highest BCUT2D eigenvalue weighted by molar-refractivity contribution is 6.31. The second kappa shape index (κ2) is 7.15. The molecule has 154 valence electrons. The maximum absolute atomic E-state index is 14.2. The van der Waals surface area contributed by atoms with Crippen LogP contribution in [-0.2, 0) is 7.05 Å². The third kappa shape index (κ3) is 3.19. The zero-order valence-corrected chi connectivity index (χ0v) is 16.7. The van der Waals surface area contributed by atoms with Crippen LogP contribution in [0.1, 0.15) is 12.5 Å². The molecule has 0 saturated carbocycles. The summed E-state index contributed by atoms with van der Waals surface area (Å²) in [6.07, 6.45) is 1.46. The van der Waals surface area contributed by atoms with Crippen molar-refractivity contribution in [3.63, 3.8) is 0 Å². The Morgan fingerprint density at radius 2 is 2.20 bits per heavy atom. The van der Waals surface area contributed by atoms with Gasteiger partial charge in [0.05, 0.1) is 22.9 Å². The number of aryl methyl sites for hydroxylation is 1. The van der Waals surface area contributed by atoms with Gasteiger partial charge in [-0.05, 0) is 31.2 Å². The van der Waals surface area contributed by atoms with Crippen LogP contribution >= 0.6 is 11.6 Å². The first-order valence-corrected chi connectivity index (χ1v) is 9.36. The topological polar surface area (TPSA) is 92.0 Å². The summed E-state index contributed by atoms with van der Waals surface area (Å²) in [5, 5.41) is 15.7. The molecule has 3 aromatic rings. The minimum absolute atomic E-state index is 0.0608. The van der Waals surface area contributed by atoms with E-state index in [-0.39, 0.29) is 22.2 Å². The number of nitrogens with zero attached hydrogens (tertiary/aromatic N) is 3. The van der Waals surface area contributed by atoms with Gasteiger partial charge in [-0.2, -0.15) is 5.26 Å². The Balaban J connectivity index is 1.88. The highest BCUT2D eigenvalue weighted by Crippen LogP contribution is 2.38. The number of hydrogen-bond donors (Lipinski definition) is 2. The number of nitrogens with one attached hydrogen (secondary N) is 2. The fourth-order valence-corrected chi connectivity index (χ4v) is 3.49. The molecule has 0 aliphatic carbocycles. The molecule has 0 saturated heterocycles. The Labute approximate surface area is 174 Å². The van der Waals surface area contributed by atoms with E-state index >= 15 is 0 Å². The minimum Gasteiger partial charge on any atom is -0.480 e. The Morgan fingerprint density at radius 3 is 2.93 bits per heavy atom. The molecule has 7 nitrogen and oxygen atoms in total. The number of benzene rings is 1. The van der Waals surface area contributed by atoms with Crippen molar-refractivity contribution >= 4 is 39.6 Å². The molecule has 10 heteroatoms. The molecule has 1 aliphatic heterocycles. The summed E-state index contributed by atoms with van der Waals surface area (Å²) in [6.45, 7) is 0.440. The highest BCUT2D eigenvalue weighted by atomic mass is 35.5. The summed E-state index contributed by atoms with van der Waals surface area (Å²) < 4.78 is 34.9. The molecule has 1 aromatic carbocycles. The Kier molecular flexibility index (Phi) is 4.74. The van der Waals surface area contributed by atoms with Crippen molar-refractivity contribution < 1.29 is 13.5 Å². The van der Waals surface area contributed by atoms with Crippen molar-refractivity contribution in [1.29, 1.82) is 5.26 Å². The molecule has 30 heavy (non-hydrogen) atoms. The molecule has 1 atom stereocenters. The van der Waals surface area contributed by atoms with E-state index in [0.717, 1.165) is 0 Å². The lowest BCUT2D eigenvalue weighted by Crippen LogP contribution is -2.40. The van der Waals surface area contributed by atoms with Crippen molar-refractivity contribution in [2.24, 2.45) is 7.05 Å². The monoisotopic (exact) mass is 431 g/mol. The van der Waals surface area contributed by atoms with Crippen LogP contribution in [0.4, 0.5) is 25.8 Å². The summed E-state index contributed by atoms with van der Waals surface area (Å²) in [5.41, 5.74) is 1.40. The Hall–Kier alpha value is -3.38. The maximum atomic E-state index is 14.2. The lowest BCUT2D eigenvalue weighted by Gasteiger charge is -2.21. The zero-order valence-electron chi connectivity index (χ0n) is 16.0. The number of aromatic nitrogens is 2. The number of alkyl halides is 2. The van der Waals surface area contributed by atoms with Crippen LogP contribution in [-0.4, -0.2) is 28.1 Å². The van der Waals surface area contributed by atoms with Crippen LogP contribution in [0, 0.1) is 11.3 Å². The van der Waals surface area contributed by atoms with E-state index < -0.39 is 24.1 Å². The van der Waals surface area contributed by atoms with E-state index in [1.165, 1.54) is 17.7 Å². The van der Waals surface area contributed by atoms with Gasteiger partial charge in [-0.1, -0.05) is 11.6 Å². The van der Waals surface area contributed by atoms with Crippen LogP contribution in [0.5, 0.6) is 5.75 Å². The lowest BCUT2D eigenvalue weighted by molar-refractivity contribution is -0.0487. The van der Waals surface area contributed by atoms with Crippen LogP contribution < -0.4 is 20.9 Å². The quantitative estimate of drug-likeness (QED) is 0.595. The standard InChI is InChI=1S/C20H16ClF2N5O2/c1-10-20(22,23)9-30-17-16(26-10)12-7-11(3-4-15(12)28(2)19(17)29)27-14-5-6-25-18(21)13(14)8-24/h3-7,10,26H,9H2,1-2H3,(H,25,27). The van der Waals surface area contributed by atoms with Crippen molar-refractivity contribution in [2.45, 2.75) is 18.9 Å². The molecule has 2 aromatic heterocycles. The molecule has 0 fully saturated rings. The predicted molar refractivity (Wildman–Crippen MR) is 110 cm³/mol. The number of rotatable bonds is 2. The van der Waals surface area contributed by atoms with Gasteiger partial charge in [0.1, 0.15) is 16.8 Å². The Morgan fingerprint density at radius 1 is 1.43 bits per heavy atom. The number of hydrogen-bond acceptors (Lipinski definition) is 6. The van der Waals surface area contributed by atoms with Crippen LogP contribution in [0.15, 0.2) is 35.3 Å². The number of fused-ring (bicyclic) bond motifs is 3. The van der Waals surface area contributed by atoms with Gasteiger partial charge in [-0.3, -0.25) is 4.79 Å². The molecule has 0 radical (unpaired) electrons. The third-order valence-corrected chi connectivity index (χ3v) is 5.34. The van der Waals surface area contributed by atoms with Gasteiger partial charge >= 0.3 is 5.92 Å². The van der Waals surface area contributed by atoms with E-state index in [2.05, 4.69) is 15.6 Å². The van der Waals surface area contributed by atoms with Gasteiger partial charge in [0.2, 0.25) is 5.75 Å². The average molecular weight is 432 g/mol. The van der Waals surface area contributed by atoms with E-state index in [4.69, 9.17) is 16.3 Å². The van der Waals surface area contributed by atoms with Crippen LogP contribution in [0.3, 0.4) is 0 Å². The first-order valence-electron chi connectivity index (χ1n) is 8.98. The second-order valence-electron chi connectivity index (χ2n) is 6.98. The summed E-state index contributed by atoms with van der Waals surface area (Å²) in [4.78, 5) is 16.6. The summed E-state index contributed by atoms with van der Waals surface area (Å²) in [6, 6.07) is 7.43. The van der Waals surface area contributed by atoms with Gasteiger partial charge < -0.3 is 19.9 Å². The van der Waals surface area contributed by atoms with Crippen molar-refractivity contribution in [3.05, 3.63) is 51.5 Å². The molecule has 3 heterocycles. The van der Waals surface area contributed by atoms with E-state index in [9.17, 15) is 18.8 Å². The number of ether oxygens (including phenoxy) is 1. The maximum Gasteiger partial charge on any atom is 0.300 e. The van der Waals surface area contributed by atoms with Crippen LogP contribution in [0.25, 0.3) is 10.9 Å². The lowest BCUT2D eigenvalue weighted by atomic mass is 10.1. The van der Waals surface area contributed by atoms with E-state index in [1.54, 1.807) is 31.3 Å². The van der Waals surface area contributed by atoms with Gasteiger partial charge in [-0.15, -0.1) is 0 Å². The zero-order chi connectivity index (χ0) is 21.6. The van der Waals surface area contributed by atoms with Gasteiger partial charge in [0.15, 0.2) is 6.61 Å². The smallest absolute Gasteiger partial charge is 0.300 e. The van der Waals surface area contributed by atoms with Gasteiger partial charge in [-0.25, -0.2) is 13.8 Å². The first-order chi connectivity index (χ1) is 14.2. The summed E-state index contributed by atoms with van der Waals surface area (Å²) >= 11 is 5.98. The van der Waals surface area contributed by atoms with E-state index in [1.807, 2.05) is 6.07 Å². The third-order valence-electron chi connectivity index (χ3n) is 5.05. The molecular formula is C20H16ClF2N5O2. The highest BCUT2D eigenvalue weighted by Gasteiger charge is 2.41. The number of halogens is 3. The Bertz CT molecular complexity index is 1270. The molecule has 0 spiro atoms. The van der Waals surface area contributed by atoms with Gasteiger partial charge in [0, 0.05) is 24.3 Å². The molecule has 2 N–H and O–H groups in total. The fraction of sp³-hybridized carbons (Fsp3) is 0.250. The number of pyridine rings is 2. The molecular weight excluding hydrogens is 416 g/mol. The van der Waals surface area contributed by atoms with E-state index in [0.29, 0.717) is 22.3 Å². The molecule has 0 bridgehead atoms. The SMILES string of the molecule is CC1Nc2c(c(=O)n(C)c3ccc(Nc4ccnc(Cl)c4C#N)cc23)OCC1(F)F. The molecule has 1 aliphatic rings. The number of anilines is 3. The van der Waals surface area contributed by atoms with Gasteiger partial charge in [0.25, 0.3) is 5.56 Å². The van der Waals surface area contributed by atoms with Crippen LogP contribution in [0.2, 0.25) is 5.15 Å². The summed E-state index contributed by atoms with van der Waals surface area (Å²) in [7, 11) is 1.55.